The number of amides is 1. The molecule has 0 aliphatic heterocycles. The molecule has 0 saturated heterocycles. The summed E-state index contributed by atoms with van der Waals surface area (Å²) >= 11 is 0. The van der Waals surface area contributed by atoms with Gasteiger partial charge in [-0.25, -0.2) is 9.78 Å². The Balaban J connectivity index is 1.33. The molecule has 1 unspecified atom stereocenters. The second kappa shape index (κ2) is 8.86. The molecule has 166 valence electrons. The predicted molar refractivity (Wildman–Crippen MR) is 123 cm³/mol. The van der Waals surface area contributed by atoms with Gasteiger partial charge < -0.3 is 14.6 Å². The first-order chi connectivity index (χ1) is 16.1. The number of rotatable bonds is 5. The van der Waals surface area contributed by atoms with Crippen molar-refractivity contribution in [1.82, 2.24) is 15.5 Å². The minimum Gasteiger partial charge on any atom is -0.452 e. The van der Waals surface area contributed by atoms with Crippen LogP contribution < -0.4 is 5.32 Å². The third kappa shape index (κ3) is 4.22. The van der Waals surface area contributed by atoms with E-state index in [1.165, 1.54) is 5.56 Å². The molecule has 7 nitrogen and oxygen atoms in total. The highest BCUT2D eigenvalue weighted by Crippen LogP contribution is 2.30. The summed E-state index contributed by atoms with van der Waals surface area (Å²) in [5, 5.41) is 7.43. The molecule has 33 heavy (non-hydrogen) atoms. The van der Waals surface area contributed by atoms with Gasteiger partial charge in [-0.3, -0.25) is 4.79 Å². The summed E-state index contributed by atoms with van der Waals surface area (Å²) in [7, 11) is 0. The first-order valence-electron chi connectivity index (χ1n) is 11.0. The molecule has 0 radical (unpaired) electrons. The summed E-state index contributed by atoms with van der Waals surface area (Å²) in [5.74, 6) is -0.953. The van der Waals surface area contributed by atoms with Crippen LogP contribution in [-0.2, 0) is 16.0 Å². The second-order valence-corrected chi connectivity index (χ2v) is 8.16. The molecule has 1 amide bonds. The van der Waals surface area contributed by atoms with Crippen LogP contribution in [0.15, 0.2) is 65.2 Å². The zero-order valence-electron chi connectivity index (χ0n) is 18.2. The quantitative estimate of drug-likeness (QED) is 0.457. The van der Waals surface area contributed by atoms with Gasteiger partial charge >= 0.3 is 5.97 Å². The average Bonchev–Trinajstić information content (AvgIpc) is 3.23. The van der Waals surface area contributed by atoms with Gasteiger partial charge in [-0.15, -0.1) is 0 Å². The molecule has 7 heteroatoms. The molecule has 5 rings (SSSR count). The molecule has 0 spiro atoms. The Kier molecular flexibility index (Phi) is 5.60. The van der Waals surface area contributed by atoms with Gasteiger partial charge in [0.15, 0.2) is 6.61 Å². The Morgan fingerprint density at radius 2 is 1.91 bits per heavy atom. The zero-order valence-corrected chi connectivity index (χ0v) is 18.2. The fourth-order valence-electron chi connectivity index (χ4n) is 4.36. The summed E-state index contributed by atoms with van der Waals surface area (Å²) in [6.07, 6.45) is 2.88. The van der Waals surface area contributed by atoms with Crippen LogP contribution >= 0.6 is 0 Å². The first kappa shape index (κ1) is 20.9. The maximum atomic E-state index is 13.0. The van der Waals surface area contributed by atoms with Crippen LogP contribution in [0.5, 0.6) is 0 Å². The molecule has 2 heterocycles. The number of pyridine rings is 1. The Morgan fingerprint density at radius 3 is 2.76 bits per heavy atom. The molecule has 1 atom stereocenters. The van der Waals surface area contributed by atoms with Crippen molar-refractivity contribution >= 4 is 23.0 Å². The first-order valence-corrected chi connectivity index (χ1v) is 11.0. The van der Waals surface area contributed by atoms with Crippen LogP contribution in [-0.4, -0.2) is 28.6 Å². The number of hydrogen-bond acceptors (Lipinski definition) is 6. The Morgan fingerprint density at radius 1 is 1.12 bits per heavy atom. The number of hydrogen-bond donors (Lipinski definition) is 1. The van der Waals surface area contributed by atoms with Crippen LogP contribution in [0.3, 0.4) is 0 Å². The van der Waals surface area contributed by atoms with Crippen molar-refractivity contribution in [2.24, 2.45) is 0 Å². The lowest BCUT2D eigenvalue weighted by atomic mass is 9.88. The van der Waals surface area contributed by atoms with Gasteiger partial charge in [-0.1, -0.05) is 59.8 Å². The van der Waals surface area contributed by atoms with Crippen LogP contribution in [0.25, 0.3) is 22.4 Å². The van der Waals surface area contributed by atoms with Gasteiger partial charge in [0.25, 0.3) is 11.6 Å². The van der Waals surface area contributed by atoms with Gasteiger partial charge in [-0.05, 0) is 43.4 Å². The molecule has 4 aromatic rings. The Bertz CT molecular complexity index is 1330. The minimum absolute atomic E-state index is 0.0706. The van der Waals surface area contributed by atoms with E-state index in [9.17, 15) is 9.59 Å². The fraction of sp³-hybridized carbons (Fsp3) is 0.231. The van der Waals surface area contributed by atoms with Gasteiger partial charge in [0, 0.05) is 5.56 Å². The van der Waals surface area contributed by atoms with E-state index in [4.69, 9.17) is 9.26 Å². The fourth-order valence-corrected chi connectivity index (χ4v) is 4.36. The number of ether oxygens (including phenoxy) is 1. The van der Waals surface area contributed by atoms with E-state index in [-0.39, 0.29) is 29.8 Å². The number of fused-ring (bicyclic) bond motifs is 2. The summed E-state index contributed by atoms with van der Waals surface area (Å²) in [6.45, 7) is 1.37. The summed E-state index contributed by atoms with van der Waals surface area (Å²) < 4.78 is 10.7. The van der Waals surface area contributed by atoms with Crippen molar-refractivity contribution in [2.75, 3.05) is 6.61 Å². The molecule has 2 aromatic heterocycles. The Hall–Kier alpha value is -4.00. The highest BCUT2D eigenvalue weighted by Gasteiger charge is 2.24. The summed E-state index contributed by atoms with van der Waals surface area (Å²) in [5.41, 5.74) is 4.84. The van der Waals surface area contributed by atoms with E-state index in [1.807, 2.05) is 48.5 Å². The number of esters is 1. The number of nitrogens with one attached hydrogen (secondary N) is 1. The molecule has 1 aliphatic carbocycles. The van der Waals surface area contributed by atoms with Crippen molar-refractivity contribution < 1.29 is 18.8 Å². The molecule has 0 bridgehead atoms. The topological polar surface area (TPSA) is 94.3 Å². The lowest BCUT2D eigenvalue weighted by Gasteiger charge is -2.26. The van der Waals surface area contributed by atoms with Crippen LogP contribution in [0, 0.1) is 6.92 Å². The molecule has 1 N–H and O–H groups in total. The third-order valence-electron chi connectivity index (χ3n) is 5.95. The van der Waals surface area contributed by atoms with E-state index >= 15 is 0 Å². The minimum atomic E-state index is -0.620. The van der Waals surface area contributed by atoms with Crippen LogP contribution in [0.1, 0.15) is 46.1 Å². The molecular weight excluding hydrogens is 418 g/mol. The number of benzene rings is 2. The Labute approximate surface area is 190 Å². The molecular formula is C26H23N3O4. The number of aryl methyl sites for hydroxylation is 2. The van der Waals surface area contributed by atoms with Gasteiger partial charge in [0.1, 0.15) is 0 Å². The van der Waals surface area contributed by atoms with Crippen molar-refractivity contribution in [2.45, 2.75) is 32.2 Å². The molecule has 0 saturated carbocycles. The third-order valence-corrected chi connectivity index (χ3v) is 5.95. The summed E-state index contributed by atoms with van der Waals surface area (Å²) in [4.78, 5) is 30.1. The maximum absolute atomic E-state index is 13.0. The number of nitrogens with zero attached hydrogens (tertiary/aromatic N) is 2. The zero-order chi connectivity index (χ0) is 22.8. The van der Waals surface area contributed by atoms with Crippen molar-refractivity contribution in [3.8, 4) is 11.3 Å². The smallest absolute Gasteiger partial charge is 0.339 e. The van der Waals surface area contributed by atoms with E-state index < -0.39 is 5.97 Å². The average molecular weight is 441 g/mol. The summed E-state index contributed by atoms with van der Waals surface area (Å²) in [6, 6.07) is 19.2. The van der Waals surface area contributed by atoms with Gasteiger partial charge in [0.05, 0.1) is 28.4 Å². The van der Waals surface area contributed by atoms with Crippen LogP contribution in [0.2, 0.25) is 0 Å². The van der Waals surface area contributed by atoms with E-state index in [0.29, 0.717) is 16.8 Å². The maximum Gasteiger partial charge on any atom is 0.339 e. The van der Waals surface area contributed by atoms with Crippen molar-refractivity contribution in [3.63, 3.8) is 0 Å². The molecule has 1 aliphatic rings. The number of carbonyl (C=O) groups is 2. The highest BCUT2D eigenvalue weighted by molar-refractivity contribution is 6.04. The largest absolute Gasteiger partial charge is 0.452 e. The lowest BCUT2D eigenvalue weighted by Crippen LogP contribution is -2.34. The molecule has 0 fully saturated rings. The highest BCUT2D eigenvalue weighted by atomic mass is 16.5. The van der Waals surface area contributed by atoms with E-state index in [2.05, 4.69) is 21.5 Å². The van der Waals surface area contributed by atoms with E-state index in [1.54, 1.807) is 13.0 Å². The standard InChI is InChI=1S/C26H23N3O4/c1-16-24-20(14-22(28-25(24)33-29-16)18-9-3-2-4-10-18)26(31)32-15-23(30)27-21-13-7-11-17-8-5-6-12-19(17)21/h2-6,8-10,12,14,21H,7,11,13,15H2,1H3,(H,27,30). The number of carbonyl (C=O) groups excluding carboxylic acids is 2. The predicted octanol–water partition coefficient (Wildman–Crippen LogP) is 4.55. The second-order valence-electron chi connectivity index (χ2n) is 8.16. The van der Waals surface area contributed by atoms with Crippen LogP contribution in [0.4, 0.5) is 0 Å². The van der Waals surface area contributed by atoms with Gasteiger partial charge in [0.2, 0.25) is 0 Å². The number of aromatic nitrogens is 2. The SMILES string of the molecule is Cc1noc2nc(-c3ccccc3)cc(C(=O)OCC(=O)NC3CCCc4ccccc43)c12. The monoisotopic (exact) mass is 441 g/mol. The van der Waals surface area contributed by atoms with Gasteiger partial charge in [-0.2, -0.15) is 0 Å². The van der Waals surface area contributed by atoms with Crippen molar-refractivity contribution in [3.05, 3.63) is 83.0 Å². The van der Waals surface area contributed by atoms with Crippen molar-refractivity contribution in [1.29, 1.82) is 0 Å². The lowest BCUT2D eigenvalue weighted by molar-refractivity contribution is -0.125. The normalized spacial score (nSPS) is 15.1. The molecule has 2 aromatic carbocycles. The van der Waals surface area contributed by atoms with E-state index in [0.717, 1.165) is 30.4 Å².